The molecule has 16 heavy (non-hydrogen) atoms. The Kier molecular flexibility index (Phi) is 3.73. The molecular formula is C14H17NO. The molecule has 0 saturated carbocycles. The molecule has 0 bridgehead atoms. The molecule has 1 rings (SSSR count). The third-order valence-electron chi connectivity index (χ3n) is 2.26. The van der Waals surface area contributed by atoms with Gasteiger partial charge in [-0.25, -0.2) is 4.99 Å². The highest BCUT2D eigenvalue weighted by molar-refractivity contribution is 5.85. The van der Waals surface area contributed by atoms with Crippen LogP contribution in [0.2, 0.25) is 0 Å². The average molecular weight is 215 g/mol. The van der Waals surface area contributed by atoms with Crippen molar-refractivity contribution in [3.05, 3.63) is 29.3 Å². The van der Waals surface area contributed by atoms with Gasteiger partial charge in [-0.2, -0.15) is 0 Å². The van der Waals surface area contributed by atoms with Gasteiger partial charge in [0.2, 0.25) is 0 Å². The van der Waals surface area contributed by atoms with Gasteiger partial charge in [0.05, 0.1) is 0 Å². The van der Waals surface area contributed by atoms with Crippen molar-refractivity contribution in [3.63, 3.8) is 0 Å². The number of aromatic hydroxyl groups is 1. The molecule has 0 heterocycles. The Bertz CT molecular complexity index is 456. The Hall–Kier alpha value is -1.75. The molecule has 0 saturated heterocycles. The summed E-state index contributed by atoms with van der Waals surface area (Å²) in [6.07, 6.45) is 1.58. The van der Waals surface area contributed by atoms with Crippen LogP contribution in [-0.4, -0.2) is 11.3 Å². The number of hydrogen-bond acceptors (Lipinski definition) is 2. The lowest BCUT2D eigenvalue weighted by molar-refractivity contribution is 0.446. The first-order valence-electron chi connectivity index (χ1n) is 5.24. The quantitative estimate of drug-likeness (QED) is 0.566. The van der Waals surface area contributed by atoms with Gasteiger partial charge >= 0.3 is 0 Å². The number of rotatable bonds is 1. The molecule has 0 aromatic heterocycles. The van der Waals surface area contributed by atoms with E-state index in [1.807, 2.05) is 18.2 Å². The third kappa shape index (κ3) is 2.87. The summed E-state index contributed by atoms with van der Waals surface area (Å²) < 4.78 is 0. The number of benzene rings is 1. The first-order chi connectivity index (χ1) is 7.46. The van der Waals surface area contributed by atoms with E-state index in [1.54, 1.807) is 13.1 Å². The Morgan fingerprint density at radius 1 is 1.31 bits per heavy atom. The van der Waals surface area contributed by atoms with Crippen LogP contribution in [0, 0.1) is 12.0 Å². The fraction of sp³-hybridized carbons (Fsp3) is 0.357. The van der Waals surface area contributed by atoms with Crippen LogP contribution >= 0.6 is 0 Å². The zero-order valence-corrected chi connectivity index (χ0v) is 10.2. The Morgan fingerprint density at radius 3 is 2.56 bits per heavy atom. The number of aliphatic imine (C=N–C) groups is 1. The third-order valence-corrected chi connectivity index (χ3v) is 2.26. The maximum atomic E-state index is 10.1. The molecular weight excluding hydrogens is 198 g/mol. The highest BCUT2D eigenvalue weighted by Gasteiger charge is 2.18. The lowest BCUT2D eigenvalue weighted by Gasteiger charge is -2.20. The number of phenolic OH excluding ortho intramolecular Hbond substituents is 1. The maximum absolute atomic E-state index is 10.1. The SMILES string of the molecule is CC#CN=Cc1cccc(C(C)(C)C)c1O. The molecule has 1 aromatic carbocycles. The Labute approximate surface area is 97.0 Å². The van der Waals surface area contributed by atoms with Crippen molar-refractivity contribution in [1.29, 1.82) is 0 Å². The first kappa shape index (κ1) is 12.3. The van der Waals surface area contributed by atoms with E-state index in [2.05, 4.69) is 37.7 Å². The topological polar surface area (TPSA) is 32.6 Å². The number of nitrogens with zero attached hydrogens (tertiary/aromatic N) is 1. The second-order valence-electron chi connectivity index (χ2n) is 4.61. The van der Waals surface area contributed by atoms with Gasteiger partial charge in [-0.3, -0.25) is 0 Å². The predicted molar refractivity (Wildman–Crippen MR) is 67.9 cm³/mol. The normalized spacial score (nSPS) is 11.2. The van der Waals surface area contributed by atoms with Gasteiger partial charge < -0.3 is 5.11 Å². The van der Waals surface area contributed by atoms with Gasteiger partial charge in [-0.15, -0.1) is 0 Å². The fourth-order valence-electron chi connectivity index (χ4n) is 1.44. The maximum Gasteiger partial charge on any atom is 0.128 e. The number of phenols is 1. The molecule has 0 amide bonds. The average Bonchev–Trinajstić information content (AvgIpc) is 2.19. The van der Waals surface area contributed by atoms with Gasteiger partial charge in [0.25, 0.3) is 0 Å². The molecule has 0 atom stereocenters. The largest absolute Gasteiger partial charge is 0.507 e. The molecule has 2 nitrogen and oxygen atoms in total. The fourth-order valence-corrected chi connectivity index (χ4v) is 1.44. The van der Waals surface area contributed by atoms with Gasteiger partial charge in [0.1, 0.15) is 5.75 Å². The summed E-state index contributed by atoms with van der Waals surface area (Å²) >= 11 is 0. The van der Waals surface area contributed by atoms with Crippen LogP contribution in [0.3, 0.4) is 0 Å². The summed E-state index contributed by atoms with van der Waals surface area (Å²) in [6, 6.07) is 8.26. The van der Waals surface area contributed by atoms with Crippen LogP contribution in [0.4, 0.5) is 0 Å². The molecule has 84 valence electrons. The highest BCUT2D eigenvalue weighted by atomic mass is 16.3. The second kappa shape index (κ2) is 4.85. The predicted octanol–water partition coefficient (Wildman–Crippen LogP) is 3.09. The minimum Gasteiger partial charge on any atom is -0.507 e. The van der Waals surface area contributed by atoms with Gasteiger partial charge in [-0.05, 0) is 24.0 Å². The van der Waals surface area contributed by atoms with E-state index in [4.69, 9.17) is 0 Å². The molecule has 0 fully saturated rings. The van der Waals surface area contributed by atoms with Crippen molar-refractivity contribution in [2.75, 3.05) is 0 Å². The van der Waals surface area contributed by atoms with Crippen LogP contribution < -0.4 is 0 Å². The molecule has 2 heteroatoms. The molecule has 1 aromatic rings. The lowest BCUT2D eigenvalue weighted by Crippen LogP contribution is -2.11. The standard InChI is InChI=1S/C14H17NO/c1-5-9-15-10-11-7-6-8-12(13(11)16)14(2,3)4/h6-8,10,16H,1-4H3. The van der Waals surface area contributed by atoms with E-state index in [0.29, 0.717) is 5.56 Å². The number of hydrogen-bond donors (Lipinski definition) is 1. The summed E-state index contributed by atoms with van der Waals surface area (Å²) in [5.74, 6) is 2.96. The molecule has 0 aliphatic rings. The first-order valence-corrected chi connectivity index (χ1v) is 5.24. The Balaban J connectivity index is 3.17. The van der Waals surface area contributed by atoms with Gasteiger partial charge in [-0.1, -0.05) is 38.8 Å². The van der Waals surface area contributed by atoms with Crippen molar-refractivity contribution < 1.29 is 5.11 Å². The van der Waals surface area contributed by atoms with Gasteiger partial charge in [0, 0.05) is 17.8 Å². The monoisotopic (exact) mass is 215 g/mol. The van der Waals surface area contributed by atoms with E-state index >= 15 is 0 Å². The van der Waals surface area contributed by atoms with Crippen molar-refractivity contribution in [1.82, 2.24) is 0 Å². The second-order valence-corrected chi connectivity index (χ2v) is 4.61. The lowest BCUT2D eigenvalue weighted by atomic mass is 9.85. The molecule has 0 spiro atoms. The van der Waals surface area contributed by atoms with E-state index < -0.39 is 0 Å². The smallest absolute Gasteiger partial charge is 0.128 e. The molecule has 1 N–H and O–H groups in total. The number of para-hydroxylation sites is 1. The van der Waals surface area contributed by atoms with Crippen LogP contribution in [0.25, 0.3) is 0 Å². The van der Waals surface area contributed by atoms with Crippen molar-refractivity contribution >= 4 is 6.21 Å². The van der Waals surface area contributed by atoms with E-state index in [-0.39, 0.29) is 11.2 Å². The van der Waals surface area contributed by atoms with Crippen molar-refractivity contribution in [2.45, 2.75) is 33.1 Å². The van der Waals surface area contributed by atoms with Crippen molar-refractivity contribution in [2.24, 2.45) is 4.99 Å². The molecule has 0 unspecified atom stereocenters. The highest BCUT2D eigenvalue weighted by Crippen LogP contribution is 2.32. The summed E-state index contributed by atoms with van der Waals surface area (Å²) in [6.45, 7) is 7.92. The van der Waals surface area contributed by atoms with Crippen LogP contribution in [0.5, 0.6) is 5.75 Å². The van der Waals surface area contributed by atoms with E-state index in [0.717, 1.165) is 5.56 Å². The Morgan fingerprint density at radius 2 is 2.00 bits per heavy atom. The summed E-state index contributed by atoms with van der Waals surface area (Å²) in [4.78, 5) is 3.90. The van der Waals surface area contributed by atoms with Crippen LogP contribution in [0.1, 0.15) is 38.8 Å². The summed E-state index contributed by atoms with van der Waals surface area (Å²) in [5, 5.41) is 10.1. The minimum atomic E-state index is -0.0790. The van der Waals surface area contributed by atoms with Gasteiger partial charge in [0.15, 0.2) is 0 Å². The zero-order chi connectivity index (χ0) is 12.2. The van der Waals surface area contributed by atoms with E-state index in [9.17, 15) is 5.11 Å². The molecule has 0 radical (unpaired) electrons. The zero-order valence-electron chi connectivity index (χ0n) is 10.2. The minimum absolute atomic E-state index is 0.0790. The molecule has 0 aliphatic heterocycles. The van der Waals surface area contributed by atoms with Crippen LogP contribution in [-0.2, 0) is 5.41 Å². The molecule has 0 aliphatic carbocycles. The summed E-state index contributed by atoms with van der Waals surface area (Å²) in [7, 11) is 0. The van der Waals surface area contributed by atoms with Crippen LogP contribution in [0.15, 0.2) is 23.2 Å². The van der Waals surface area contributed by atoms with Crippen molar-refractivity contribution in [3.8, 4) is 17.7 Å². The van der Waals surface area contributed by atoms with E-state index in [1.165, 1.54) is 0 Å². The summed E-state index contributed by atoms with van der Waals surface area (Å²) in [5.41, 5.74) is 1.54.